The van der Waals surface area contributed by atoms with Crippen molar-refractivity contribution in [2.75, 3.05) is 11.9 Å². The largest absolute Gasteiger partial charge is 0.370 e. The second-order valence-electron chi connectivity index (χ2n) is 5.25. The number of hydrogen-bond acceptors (Lipinski definition) is 4. The van der Waals surface area contributed by atoms with Gasteiger partial charge >= 0.3 is 0 Å². The lowest BCUT2D eigenvalue weighted by atomic mass is 10.1. The molecule has 0 atom stereocenters. The second-order valence-corrected chi connectivity index (χ2v) is 5.25. The Bertz CT molecular complexity index is 578. The molecule has 0 aromatic carbocycles. The molecule has 0 radical (unpaired) electrons. The molecule has 2 heterocycles. The number of aromatic nitrogens is 3. The standard InChI is InChI=1S/C16H22N4/c1-5-9-17-15-10-14(11(2)3)19-16(20-15)13-8-6-7-12(4)18-13/h6-8,10-11H,5,9H2,1-4H3,(H,17,19,20). The lowest BCUT2D eigenvalue weighted by Gasteiger charge is -2.11. The molecule has 0 amide bonds. The summed E-state index contributed by atoms with van der Waals surface area (Å²) in [6.45, 7) is 9.31. The van der Waals surface area contributed by atoms with Crippen molar-refractivity contribution in [3.05, 3.63) is 35.7 Å². The van der Waals surface area contributed by atoms with Crippen molar-refractivity contribution in [2.45, 2.75) is 40.0 Å². The van der Waals surface area contributed by atoms with Gasteiger partial charge in [-0.3, -0.25) is 0 Å². The molecule has 2 aromatic rings. The van der Waals surface area contributed by atoms with Crippen molar-refractivity contribution in [1.29, 1.82) is 0 Å². The summed E-state index contributed by atoms with van der Waals surface area (Å²) >= 11 is 0. The van der Waals surface area contributed by atoms with Crippen LogP contribution in [0.1, 0.15) is 44.5 Å². The molecule has 0 fully saturated rings. The van der Waals surface area contributed by atoms with Crippen LogP contribution >= 0.6 is 0 Å². The lowest BCUT2D eigenvalue weighted by molar-refractivity contribution is 0.814. The summed E-state index contributed by atoms with van der Waals surface area (Å²) in [5.74, 6) is 1.94. The zero-order valence-electron chi connectivity index (χ0n) is 12.6. The first-order chi connectivity index (χ1) is 9.60. The summed E-state index contributed by atoms with van der Waals surface area (Å²) in [7, 11) is 0. The van der Waals surface area contributed by atoms with E-state index in [2.05, 4.69) is 41.0 Å². The summed E-state index contributed by atoms with van der Waals surface area (Å²) < 4.78 is 0. The molecule has 0 saturated heterocycles. The molecule has 20 heavy (non-hydrogen) atoms. The fourth-order valence-corrected chi connectivity index (χ4v) is 1.89. The van der Waals surface area contributed by atoms with Gasteiger partial charge in [0.1, 0.15) is 11.5 Å². The van der Waals surface area contributed by atoms with E-state index in [1.165, 1.54) is 0 Å². The molecule has 0 bridgehead atoms. The highest BCUT2D eigenvalue weighted by Crippen LogP contribution is 2.20. The maximum Gasteiger partial charge on any atom is 0.180 e. The van der Waals surface area contributed by atoms with E-state index in [-0.39, 0.29) is 0 Å². The van der Waals surface area contributed by atoms with Gasteiger partial charge in [-0.15, -0.1) is 0 Å². The van der Waals surface area contributed by atoms with Crippen LogP contribution in [0, 0.1) is 6.92 Å². The van der Waals surface area contributed by atoms with Gasteiger partial charge in [0.25, 0.3) is 0 Å². The average Bonchev–Trinajstić information content (AvgIpc) is 2.44. The van der Waals surface area contributed by atoms with Gasteiger partial charge in [0.05, 0.1) is 0 Å². The number of hydrogen-bond donors (Lipinski definition) is 1. The Morgan fingerprint density at radius 1 is 1.15 bits per heavy atom. The third kappa shape index (κ3) is 3.53. The zero-order valence-corrected chi connectivity index (χ0v) is 12.6. The van der Waals surface area contributed by atoms with Crippen molar-refractivity contribution in [1.82, 2.24) is 15.0 Å². The Morgan fingerprint density at radius 2 is 1.95 bits per heavy atom. The van der Waals surface area contributed by atoms with E-state index in [4.69, 9.17) is 0 Å². The van der Waals surface area contributed by atoms with Crippen molar-refractivity contribution in [3.63, 3.8) is 0 Å². The van der Waals surface area contributed by atoms with E-state index in [9.17, 15) is 0 Å². The molecule has 0 unspecified atom stereocenters. The van der Waals surface area contributed by atoms with Gasteiger partial charge in [-0.25, -0.2) is 15.0 Å². The normalized spacial score (nSPS) is 10.8. The first-order valence-corrected chi connectivity index (χ1v) is 7.17. The molecule has 0 aliphatic carbocycles. The lowest BCUT2D eigenvalue weighted by Crippen LogP contribution is -2.07. The third-order valence-corrected chi connectivity index (χ3v) is 3.01. The third-order valence-electron chi connectivity index (χ3n) is 3.01. The highest BCUT2D eigenvalue weighted by molar-refractivity contribution is 5.53. The molecule has 0 saturated carbocycles. The van der Waals surface area contributed by atoms with Crippen LogP contribution < -0.4 is 5.32 Å². The van der Waals surface area contributed by atoms with E-state index in [0.29, 0.717) is 11.7 Å². The van der Waals surface area contributed by atoms with Crippen LogP contribution in [0.15, 0.2) is 24.3 Å². The van der Waals surface area contributed by atoms with Gasteiger partial charge in [0.15, 0.2) is 5.82 Å². The van der Waals surface area contributed by atoms with Gasteiger partial charge < -0.3 is 5.32 Å². The first kappa shape index (κ1) is 14.4. The molecular formula is C16H22N4. The highest BCUT2D eigenvalue weighted by Gasteiger charge is 2.10. The number of pyridine rings is 1. The van der Waals surface area contributed by atoms with Crippen LogP contribution in [0.25, 0.3) is 11.5 Å². The quantitative estimate of drug-likeness (QED) is 0.898. The van der Waals surface area contributed by atoms with Gasteiger partial charge in [-0.05, 0) is 31.4 Å². The van der Waals surface area contributed by atoms with E-state index in [0.717, 1.165) is 35.9 Å². The average molecular weight is 270 g/mol. The van der Waals surface area contributed by atoms with Crippen molar-refractivity contribution in [2.24, 2.45) is 0 Å². The highest BCUT2D eigenvalue weighted by atomic mass is 15.0. The SMILES string of the molecule is CCCNc1cc(C(C)C)nc(-c2cccc(C)n2)n1. The van der Waals surface area contributed by atoms with Crippen LogP contribution in [0.5, 0.6) is 0 Å². The van der Waals surface area contributed by atoms with Crippen molar-refractivity contribution in [3.8, 4) is 11.5 Å². The monoisotopic (exact) mass is 270 g/mol. The molecule has 2 aromatic heterocycles. The Morgan fingerprint density at radius 3 is 2.60 bits per heavy atom. The fourth-order valence-electron chi connectivity index (χ4n) is 1.89. The minimum Gasteiger partial charge on any atom is -0.370 e. The molecule has 0 aliphatic heterocycles. The van der Waals surface area contributed by atoms with Crippen LogP contribution in [0.4, 0.5) is 5.82 Å². The number of aryl methyl sites for hydroxylation is 1. The van der Waals surface area contributed by atoms with Crippen molar-refractivity contribution >= 4 is 5.82 Å². The van der Waals surface area contributed by atoms with Gasteiger partial charge in [-0.2, -0.15) is 0 Å². The summed E-state index contributed by atoms with van der Waals surface area (Å²) in [6, 6.07) is 7.95. The van der Waals surface area contributed by atoms with Crippen LogP contribution in [0.2, 0.25) is 0 Å². The summed E-state index contributed by atoms with van der Waals surface area (Å²) in [5.41, 5.74) is 2.84. The van der Waals surface area contributed by atoms with Gasteiger partial charge in [0.2, 0.25) is 0 Å². The number of nitrogens with one attached hydrogen (secondary N) is 1. The molecule has 0 aliphatic rings. The topological polar surface area (TPSA) is 50.7 Å². The molecule has 2 rings (SSSR count). The van der Waals surface area contributed by atoms with E-state index < -0.39 is 0 Å². The maximum atomic E-state index is 4.64. The summed E-state index contributed by atoms with van der Waals surface area (Å²) in [6.07, 6.45) is 1.07. The van der Waals surface area contributed by atoms with Crippen molar-refractivity contribution < 1.29 is 0 Å². The number of anilines is 1. The number of rotatable bonds is 5. The van der Waals surface area contributed by atoms with E-state index >= 15 is 0 Å². The first-order valence-electron chi connectivity index (χ1n) is 7.17. The Labute approximate surface area is 120 Å². The molecule has 4 heteroatoms. The van der Waals surface area contributed by atoms with Crippen LogP contribution in [0.3, 0.4) is 0 Å². The minimum absolute atomic E-state index is 0.365. The Kier molecular flexibility index (Phi) is 4.66. The summed E-state index contributed by atoms with van der Waals surface area (Å²) in [5, 5.41) is 3.34. The predicted molar refractivity (Wildman–Crippen MR) is 82.9 cm³/mol. The molecule has 106 valence electrons. The molecule has 0 spiro atoms. The number of nitrogens with zero attached hydrogens (tertiary/aromatic N) is 3. The van der Waals surface area contributed by atoms with Crippen LogP contribution in [-0.4, -0.2) is 21.5 Å². The Hall–Kier alpha value is -1.97. The van der Waals surface area contributed by atoms with E-state index in [1.54, 1.807) is 0 Å². The zero-order chi connectivity index (χ0) is 14.5. The van der Waals surface area contributed by atoms with Gasteiger partial charge in [-0.1, -0.05) is 26.8 Å². The smallest absolute Gasteiger partial charge is 0.180 e. The Balaban J connectivity index is 2.43. The maximum absolute atomic E-state index is 4.64. The fraction of sp³-hybridized carbons (Fsp3) is 0.438. The predicted octanol–water partition coefficient (Wildman–Crippen LogP) is 3.79. The second kappa shape index (κ2) is 6.46. The van der Waals surface area contributed by atoms with Crippen LogP contribution in [-0.2, 0) is 0 Å². The van der Waals surface area contributed by atoms with Gasteiger partial charge in [0, 0.05) is 24.0 Å². The molecule has 1 N–H and O–H groups in total. The minimum atomic E-state index is 0.365. The summed E-state index contributed by atoms with van der Waals surface area (Å²) in [4.78, 5) is 13.7. The molecular weight excluding hydrogens is 248 g/mol. The molecule has 4 nitrogen and oxygen atoms in total. The van der Waals surface area contributed by atoms with E-state index in [1.807, 2.05) is 31.2 Å².